The smallest absolute Gasteiger partial charge is 0.128 e. The van der Waals surface area contributed by atoms with E-state index in [4.69, 9.17) is 4.74 Å². The number of hydrogen-bond acceptors (Lipinski definition) is 3. The fourth-order valence-corrected chi connectivity index (χ4v) is 2.57. The minimum Gasteiger partial charge on any atom is -0.507 e. The van der Waals surface area contributed by atoms with E-state index >= 15 is 0 Å². The van der Waals surface area contributed by atoms with Crippen LogP contribution in [0.1, 0.15) is 25.5 Å². The molecule has 1 N–H and O–H groups in total. The van der Waals surface area contributed by atoms with E-state index in [-0.39, 0.29) is 6.04 Å². The first-order valence-corrected chi connectivity index (χ1v) is 6.97. The molecule has 0 aliphatic carbocycles. The van der Waals surface area contributed by atoms with Crippen LogP contribution in [0.25, 0.3) is 10.8 Å². The van der Waals surface area contributed by atoms with Crippen molar-refractivity contribution in [3.8, 4) is 5.75 Å². The second-order valence-electron chi connectivity index (χ2n) is 5.37. The summed E-state index contributed by atoms with van der Waals surface area (Å²) in [6, 6.07) is 12.4. The normalized spacial score (nSPS) is 14.7. The van der Waals surface area contributed by atoms with Crippen molar-refractivity contribution in [1.29, 1.82) is 0 Å². The number of hydrogen-bond donors (Lipinski definition) is 1. The Kier molecular flexibility index (Phi) is 4.63. The number of benzene rings is 2. The van der Waals surface area contributed by atoms with Gasteiger partial charge in [-0.1, -0.05) is 36.4 Å². The predicted octanol–water partition coefficient (Wildman–Crippen LogP) is 3.57. The van der Waals surface area contributed by atoms with E-state index in [1.165, 1.54) is 0 Å². The van der Waals surface area contributed by atoms with Crippen molar-refractivity contribution in [2.45, 2.75) is 25.9 Å². The maximum absolute atomic E-state index is 10.5. The molecule has 3 nitrogen and oxygen atoms in total. The van der Waals surface area contributed by atoms with Crippen molar-refractivity contribution in [2.24, 2.45) is 0 Å². The van der Waals surface area contributed by atoms with E-state index in [0.717, 1.165) is 16.3 Å². The van der Waals surface area contributed by atoms with Crippen molar-refractivity contribution < 1.29 is 9.84 Å². The first-order valence-electron chi connectivity index (χ1n) is 6.97. The summed E-state index contributed by atoms with van der Waals surface area (Å²) in [6.07, 6.45) is 0. The van der Waals surface area contributed by atoms with Crippen LogP contribution in [0, 0.1) is 0 Å². The van der Waals surface area contributed by atoms with Crippen molar-refractivity contribution in [1.82, 2.24) is 4.90 Å². The Bertz CT molecular complexity index is 582. The standard InChI is InChI=1S/C17H23NO2/c1-12(11-20-4)18(3)13(2)15-10-9-14-7-5-6-8-16(14)17(15)19/h5-10,12-13,19H,11H2,1-4H3. The molecule has 0 aliphatic rings. The van der Waals surface area contributed by atoms with Crippen LogP contribution in [-0.2, 0) is 4.74 Å². The summed E-state index contributed by atoms with van der Waals surface area (Å²) in [7, 11) is 3.77. The van der Waals surface area contributed by atoms with Crippen molar-refractivity contribution in [3.05, 3.63) is 42.0 Å². The molecule has 20 heavy (non-hydrogen) atoms. The highest BCUT2D eigenvalue weighted by atomic mass is 16.5. The summed E-state index contributed by atoms with van der Waals surface area (Å²) in [5.41, 5.74) is 0.953. The van der Waals surface area contributed by atoms with Gasteiger partial charge in [0.05, 0.1) is 6.61 Å². The van der Waals surface area contributed by atoms with Crippen LogP contribution < -0.4 is 0 Å². The highest BCUT2D eigenvalue weighted by molar-refractivity contribution is 5.89. The van der Waals surface area contributed by atoms with Gasteiger partial charge in [0.2, 0.25) is 0 Å². The molecule has 2 atom stereocenters. The first-order chi connectivity index (χ1) is 9.56. The van der Waals surface area contributed by atoms with Crippen LogP contribution in [0.5, 0.6) is 5.75 Å². The molecule has 0 spiro atoms. The highest BCUT2D eigenvalue weighted by Crippen LogP contribution is 2.34. The van der Waals surface area contributed by atoms with Crippen LogP contribution in [-0.4, -0.2) is 36.8 Å². The molecular formula is C17H23NO2. The summed E-state index contributed by atoms with van der Waals surface area (Å²) in [5, 5.41) is 12.5. The van der Waals surface area contributed by atoms with Crippen molar-refractivity contribution in [3.63, 3.8) is 0 Å². The number of nitrogens with zero attached hydrogens (tertiary/aromatic N) is 1. The average Bonchev–Trinajstić information content (AvgIpc) is 2.46. The fourth-order valence-electron chi connectivity index (χ4n) is 2.57. The summed E-state index contributed by atoms with van der Waals surface area (Å²) >= 11 is 0. The lowest BCUT2D eigenvalue weighted by Crippen LogP contribution is -2.34. The molecule has 0 aromatic heterocycles. The van der Waals surface area contributed by atoms with Gasteiger partial charge in [0.25, 0.3) is 0 Å². The molecule has 0 amide bonds. The molecule has 2 unspecified atom stereocenters. The van der Waals surface area contributed by atoms with Gasteiger partial charge in [0.1, 0.15) is 5.75 Å². The van der Waals surface area contributed by atoms with Crippen LogP contribution in [0.15, 0.2) is 36.4 Å². The molecule has 0 fully saturated rings. The lowest BCUT2D eigenvalue weighted by molar-refractivity contribution is 0.0933. The molecule has 0 bridgehead atoms. The minimum absolute atomic E-state index is 0.129. The number of likely N-dealkylation sites (N-methyl/N-ethyl adjacent to an activating group) is 1. The summed E-state index contributed by atoms with van der Waals surface area (Å²) in [6.45, 7) is 4.91. The van der Waals surface area contributed by atoms with Gasteiger partial charge in [-0.3, -0.25) is 4.90 Å². The van der Waals surface area contributed by atoms with Gasteiger partial charge in [-0.2, -0.15) is 0 Å². The van der Waals surface area contributed by atoms with E-state index < -0.39 is 0 Å². The highest BCUT2D eigenvalue weighted by Gasteiger charge is 2.20. The topological polar surface area (TPSA) is 32.7 Å². The monoisotopic (exact) mass is 273 g/mol. The Morgan fingerprint density at radius 3 is 2.55 bits per heavy atom. The van der Waals surface area contributed by atoms with Crippen LogP contribution in [0.4, 0.5) is 0 Å². The largest absolute Gasteiger partial charge is 0.507 e. The van der Waals surface area contributed by atoms with Gasteiger partial charge < -0.3 is 9.84 Å². The predicted molar refractivity (Wildman–Crippen MR) is 83.1 cm³/mol. The molecule has 0 aliphatic heterocycles. The summed E-state index contributed by atoms with van der Waals surface area (Å²) < 4.78 is 5.21. The van der Waals surface area contributed by atoms with Crippen LogP contribution in [0.3, 0.4) is 0 Å². The third-order valence-electron chi connectivity index (χ3n) is 4.10. The Morgan fingerprint density at radius 2 is 1.85 bits per heavy atom. The molecule has 2 aromatic carbocycles. The maximum Gasteiger partial charge on any atom is 0.128 e. The molecular weight excluding hydrogens is 250 g/mol. The number of aromatic hydroxyl groups is 1. The Hall–Kier alpha value is -1.58. The lowest BCUT2D eigenvalue weighted by Gasteiger charge is -2.31. The van der Waals surface area contributed by atoms with Gasteiger partial charge in [0, 0.05) is 30.1 Å². The Morgan fingerprint density at radius 1 is 1.15 bits per heavy atom. The third kappa shape index (κ3) is 2.79. The zero-order chi connectivity index (χ0) is 14.7. The van der Waals surface area contributed by atoms with Crippen molar-refractivity contribution >= 4 is 10.8 Å². The number of rotatable bonds is 5. The first kappa shape index (κ1) is 14.8. The van der Waals surface area contributed by atoms with Crippen molar-refractivity contribution in [2.75, 3.05) is 20.8 Å². The number of phenolic OH excluding ortho intramolecular Hbond substituents is 1. The maximum atomic E-state index is 10.5. The zero-order valence-corrected chi connectivity index (χ0v) is 12.6. The van der Waals surface area contributed by atoms with E-state index in [2.05, 4.69) is 31.9 Å². The summed E-state index contributed by atoms with van der Waals surface area (Å²) in [5.74, 6) is 0.382. The van der Waals surface area contributed by atoms with E-state index in [0.29, 0.717) is 18.4 Å². The second kappa shape index (κ2) is 6.25. The quantitative estimate of drug-likeness (QED) is 0.904. The van der Waals surface area contributed by atoms with E-state index in [9.17, 15) is 5.11 Å². The number of fused-ring (bicyclic) bond motifs is 1. The SMILES string of the molecule is COCC(C)N(C)C(C)c1ccc2ccccc2c1O. The molecule has 0 heterocycles. The Labute approximate surface area is 120 Å². The lowest BCUT2D eigenvalue weighted by atomic mass is 9.99. The van der Waals surface area contributed by atoms with Gasteiger partial charge >= 0.3 is 0 Å². The molecule has 0 radical (unpaired) electrons. The van der Waals surface area contributed by atoms with Gasteiger partial charge in [-0.25, -0.2) is 0 Å². The fraction of sp³-hybridized carbons (Fsp3) is 0.412. The minimum atomic E-state index is 0.129. The third-order valence-corrected chi connectivity index (χ3v) is 4.10. The Balaban J connectivity index is 2.35. The van der Waals surface area contributed by atoms with Gasteiger partial charge in [-0.15, -0.1) is 0 Å². The molecule has 108 valence electrons. The number of methoxy groups -OCH3 is 1. The van der Waals surface area contributed by atoms with E-state index in [1.54, 1.807) is 7.11 Å². The number of ether oxygens (including phenoxy) is 1. The van der Waals surface area contributed by atoms with Gasteiger partial charge in [0.15, 0.2) is 0 Å². The average molecular weight is 273 g/mol. The van der Waals surface area contributed by atoms with Crippen LogP contribution in [0.2, 0.25) is 0 Å². The second-order valence-corrected chi connectivity index (χ2v) is 5.37. The molecule has 0 saturated heterocycles. The zero-order valence-electron chi connectivity index (χ0n) is 12.6. The molecule has 0 saturated carbocycles. The molecule has 2 rings (SSSR count). The summed E-state index contributed by atoms with van der Waals surface area (Å²) in [4.78, 5) is 2.22. The number of phenols is 1. The van der Waals surface area contributed by atoms with Gasteiger partial charge in [-0.05, 0) is 26.3 Å². The van der Waals surface area contributed by atoms with Crippen LogP contribution >= 0.6 is 0 Å². The molecule has 2 aromatic rings. The van der Waals surface area contributed by atoms with E-state index in [1.807, 2.05) is 30.3 Å². The molecule has 3 heteroatoms.